The third kappa shape index (κ3) is 3.90. The molecular weight excluding hydrogens is 382 g/mol. The minimum Gasteiger partial charge on any atom is -0.393 e. The van der Waals surface area contributed by atoms with Crippen molar-refractivity contribution in [2.45, 2.75) is 105 Å². The van der Waals surface area contributed by atoms with Crippen molar-refractivity contribution in [1.82, 2.24) is 0 Å². The molecule has 172 valence electrons. The van der Waals surface area contributed by atoms with Gasteiger partial charge in [-0.2, -0.15) is 0 Å². The Bertz CT molecular complexity index is 821. The SMILES string of the molecule is C=C(CC[C@@H](C)C1CC(=O)N=C2C3=C(CC[C@@]21C)[C@@]1(C)CC[C@H](O)C[C@@H]1CC3)C(C)C. The highest BCUT2D eigenvalue weighted by Gasteiger charge is 2.54. The summed E-state index contributed by atoms with van der Waals surface area (Å²) in [5.41, 5.74) is 5.69. The summed E-state index contributed by atoms with van der Waals surface area (Å²) >= 11 is 0. The van der Waals surface area contributed by atoms with Gasteiger partial charge in [0.25, 0.3) is 0 Å². The number of hydrogen-bond acceptors (Lipinski definition) is 2. The van der Waals surface area contributed by atoms with Crippen LogP contribution in [0.15, 0.2) is 28.3 Å². The molecule has 0 saturated heterocycles. The van der Waals surface area contributed by atoms with E-state index in [9.17, 15) is 9.90 Å². The molecule has 4 aliphatic rings. The highest BCUT2D eigenvalue weighted by molar-refractivity contribution is 6.12. The van der Waals surface area contributed by atoms with Gasteiger partial charge in [-0.1, -0.05) is 52.3 Å². The Morgan fingerprint density at radius 1 is 1.16 bits per heavy atom. The van der Waals surface area contributed by atoms with Crippen molar-refractivity contribution in [2.75, 3.05) is 0 Å². The third-order valence-electron chi connectivity index (χ3n) is 9.85. The molecule has 0 aromatic carbocycles. The van der Waals surface area contributed by atoms with E-state index in [-0.39, 0.29) is 22.8 Å². The number of aliphatic hydroxyl groups is 1. The van der Waals surface area contributed by atoms with Gasteiger partial charge in [0.1, 0.15) is 0 Å². The zero-order chi connectivity index (χ0) is 22.6. The van der Waals surface area contributed by atoms with E-state index in [1.165, 1.54) is 11.1 Å². The summed E-state index contributed by atoms with van der Waals surface area (Å²) < 4.78 is 0. The topological polar surface area (TPSA) is 49.7 Å². The second-order valence-electron chi connectivity index (χ2n) is 11.9. The Kier molecular flexibility index (Phi) is 6.13. The van der Waals surface area contributed by atoms with E-state index >= 15 is 0 Å². The van der Waals surface area contributed by atoms with Gasteiger partial charge in [-0.15, -0.1) is 0 Å². The van der Waals surface area contributed by atoms with Crippen molar-refractivity contribution < 1.29 is 9.90 Å². The van der Waals surface area contributed by atoms with E-state index in [2.05, 4.69) is 41.2 Å². The van der Waals surface area contributed by atoms with E-state index < -0.39 is 0 Å². The molecule has 0 spiro atoms. The van der Waals surface area contributed by atoms with E-state index in [1.54, 1.807) is 5.57 Å². The van der Waals surface area contributed by atoms with Gasteiger partial charge >= 0.3 is 0 Å². The summed E-state index contributed by atoms with van der Waals surface area (Å²) in [6.45, 7) is 15.9. The van der Waals surface area contributed by atoms with Crippen molar-refractivity contribution in [3.05, 3.63) is 23.3 Å². The van der Waals surface area contributed by atoms with Gasteiger partial charge in [0.15, 0.2) is 0 Å². The van der Waals surface area contributed by atoms with Crippen LogP contribution in [0.1, 0.15) is 98.8 Å². The van der Waals surface area contributed by atoms with Crippen LogP contribution >= 0.6 is 0 Å². The molecule has 1 heterocycles. The van der Waals surface area contributed by atoms with Crippen LogP contribution in [-0.2, 0) is 4.79 Å². The first kappa shape index (κ1) is 23.0. The molecule has 1 saturated carbocycles. The van der Waals surface area contributed by atoms with Crippen molar-refractivity contribution in [2.24, 2.45) is 39.5 Å². The molecule has 1 unspecified atom stereocenters. The second kappa shape index (κ2) is 8.28. The standard InChI is InChI=1S/C28H43NO2/c1-17(2)18(3)7-8-19(4)24-16-25(31)29-26-22-10-9-20-15-21(30)11-13-27(20,5)23(22)12-14-28(24,26)6/h17,19-21,24,30H,3,7-16H2,1-2,4-6H3/t19-,20+,21+,24?,27+,28-/m1/s1. The summed E-state index contributed by atoms with van der Waals surface area (Å²) in [7, 11) is 0. The lowest BCUT2D eigenvalue weighted by Gasteiger charge is -2.55. The summed E-state index contributed by atoms with van der Waals surface area (Å²) in [4.78, 5) is 17.6. The Morgan fingerprint density at radius 2 is 1.90 bits per heavy atom. The predicted molar refractivity (Wildman–Crippen MR) is 128 cm³/mol. The number of fused-ring (bicyclic) bond motifs is 4. The fourth-order valence-electron chi connectivity index (χ4n) is 7.44. The lowest BCUT2D eigenvalue weighted by Crippen LogP contribution is -2.50. The third-order valence-corrected chi connectivity index (χ3v) is 9.85. The van der Waals surface area contributed by atoms with Crippen molar-refractivity contribution >= 4 is 11.6 Å². The van der Waals surface area contributed by atoms with E-state index in [0.717, 1.165) is 63.5 Å². The fourth-order valence-corrected chi connectivity index (χ4v) is 7.44. The van der Waals surface area contributed by atoms with Gasteiger partial charge in [-0.05, 0) is 92.4 Å². The van der Waals surface area contributed by atoms with Gasteiger partial charge < -0.3 is 5.11 Å². The first-order valence-corrected chi connectivity index (χ1v) is 12.8. The fraction of sp³-hybridized carbons (Fsp3) is 0.786. The van der Waals surface area contributed by atoms with Crippen LogP contribution < -0.4 is 0 Å². The van der Waals surface area contributed by atoms with Crippen molar-refractivity contribution in [1.29, 1.82) is 0 Å². The highest BCUT2D eigenvalue weighted by Crippen LogP contribution is 2.60. The van der Waals surface area contributed by atoms with Crippen LogP contribution in [0.2, 0.25) is 0 Å². The number of carbonyl (C=O) groups is 1. The molecule has 3 aliphatic carbocycles. The van der Waals surface area contributed by atoms with Gasteiger partial charge in [0, 0.05) is 11.8 Å². The lowest BCUT2D eigenvalue weighted by atomic mass is 9.50. The lowest BCUT2D eigenvalue weighted by molar-refractivity contribution is -0.121. The molecule has 6 atom stereocenters. The quantitative estimate of drug-likeness (QED) is 0.501. The largest absolute Gasteiger partial charge is 0.393 e. The Morgan fingerprint density at radius 3 is 2.61 bits per heavy atom. The molecule has 0 bridgehead atoms. The van der Waals surface area contributed by atoms with Crippen molar-refractivity contribution in [3.63, 3.8) is 0 Å². The average molecular weight is 426 g/mol. The number of rotatable bonds is 5. The zero-order valence-electron chi connectivity index (χ0n) is 20.5. The number of aliphatic imine (C=N–C) groups is 1. The predicted octanol–water partition coefficient (Wildman–Crippen LogP) is 6.66. The summed E-state index contributed by atoms with van der Waals surface area (Å²) in [6, 6.07) is 0. The number of allylic oxidation sites excluding steroid dienone is 3. The zero-order valence-corrected chi connectivity index (χ0v) is 20.5. The minimum absolute atomic E-state index is 0.0166. The maximum Gasteiger partial charge on any atom is 0.246 e. The Hall–Kier alpha value is -1.22. The normalized spacial score (nSPS) is 38.9. The summed E-state index contributed by atoms with van der Waals surface area (Å²) in [5, 5.41) is 10.3. The molecule has 3 heteroatoms. The number of carbonyl (C=O) groups excluding carboxylic acids is 1. The molecule has 0 aromatic heterocycles. The molecule has 0 radical (unpaired) electrons. The van der Waals surface area contributed by atoms with Crippen LogP contribution in [0.5, 0.6) is 0 Å². The van der Waals surface area contributed by atoms with Crippen LogP contribution in [0.4, 0.5) is 0 Å². The minimum atomic E-state index is -0.131. The van der Waals surface area contributed by atoms with Gasteiger partial charge in [0.05, 0.1) is 11.8 Å². The first-order chi connectivity index (χ1) is 14.6. The molecule has 3 nitrogen and oxygen atoms in total. The second-order valence-corrected chi connectivity index (χ2v) is 11.9. The Balaban J connectivity index is 1.63. The van der Waals surface area contributed by atoms with E-state index in [1.807, 2.05) is 0 Å². The van der Waals surface area contributed by atoms with Gasteiger partial charge in [0.2, 0.25) is 5.91 Å². The molecular formula is C28H43NO2. The van der Waals surface area contributed by atoms with Crippen molar-refractivity contribution in [3.8, 4) is 0 Å². The smallest absolute Gasteiger partial charge is 0.246 e. The summed E-state index contributed by atoms with van der Waals surface area (Å²) in [6.07, 6.45) is 9.99. The number of hydrogen-bond donors (Lipinski definition) is 1. The molecule has 0 aromatic rings. The molecule has 31 heavy (non-hydrogen) atoms. The average Bonchev–Trinajstić information content (AvgIpc) is 2.72. The van der Waals surface area contributed by atoms with E-state index in [4.69, 9.17) is 4.99 Å². The molecule has 1 N–H and O–H groups in total. The highest BCUT2D eigenvalue weighted by atomic mass is 16.3. The first-order valence-electron chi connectivity index (χ1n) is 12.8. The van der Waals surface area contributed by atoms with Crippen LogP contribution in [0, 0.1) is 34.5 Å². The number of amides is 1. The van der Waals surface area contributed by atoms with Crippen LogP contribution in [0.3, 0.4) is 0 Å². The van der Waals surface area contributed by atoms with Crippen LogP contribution in [-0.4, -0.2) is 22.8 Å². The molecule has 4 rings (SSSR count). The monoisotopic (exact) mass is 425 g/mol. The molecule has 1 fully saturated rings. The Labute approximate surface area is 189 Å². The molecule has 1 amide bonds. The molecule has 1 aliphatic heterocycles. The maximum absolute atomic E-state index is 12.8. The maximum atomic E-state index is 12.8. The van der Waals surface area contributed by atoms with Gasteiger partial charge in [-0.25, -0.2) is 4.99 Å². The number of nitrogens with zero attached hydrogens (tertiary/aromatic N) is 1. The van der Waals surface area contributed by atoms with Gasteiger partial charge in [-0.3, -0.25) is 4.79 Å². The summed E-state index contributed by atoms with van der Waals surface area (Å²) in [5.74, 6) is 2.07. The van der Waals surface area contributed by atoms with Crippen LogP contribution in [0.25, 0.3) is 0 Å². The van der Waals surface area contributed by atoms with E-state index in [0.29, 0.717) is 30.1 Å². The number of aliphatic hydroxyl groups excluding tert-OH is 1.